The lowest BCUT2D eigenvalue weighted by Crippen LogP contribution is -2.45. The molecule has 0 radical (unpaired) electrons. The number of rotatable bonds is 7. The van der Waals surface area contributed by atoms with Gasteiger partial charge >= 0.3 is 0 Å². The zero-order chi connectivity index (χ0) is 15.8. The molecule has 0 spiro atoms. The second kappa shape index (κ2) is 8.88. The van der Waals surface area contributed by atoms with E-state index in [9.17, 15) is 9.90 Å². The molecule has 2 rings (SSSR count). The van der Waals surface area contributed by atoms with Gasteiger partial charge in [0, 0.05) is 26.2 Å². The van der Waals surface area contributed by atoms with E-state index in [2.05, 4.69) is 10.2 Å². The summed E-state index contributed by atoms with van der Waals surface area (Å²) in [4.78, 5) is 14.5. The van der Waals surface area contributed by atoms with Gasteiger partial charge in [0.15, 0.2) is 0 Å². The highest BCUT2D eigenvalue weighted by molar-refractivity contribution is 5.83. The molecule has 1 aliphatic rings. The van der Waals surface area contributed by atoms with E-state index in [1.807, 2.05) is 37.3 Å². The fourth-order valence-corrected chi connectivity index (χ4v) is 2.75. The minimum atomic E-state index is -0.546. The van der Waals surface area contributed by atoms with E-state index < -0.39 is 6.10 Å². The molecular formula is C17H26N2O3. The molecule has 1 aromatic carbocycles. The van der Waals surface area contributed by atoms with Gasteiger partial charge in [0.25, 0.3) is 0 Å². The number of carbonyl (C=O) groups excluding carboxylic acids is 1. The lowest BCUT2D eigenvalue weighted by Gasteiger charge is -2.28. The first-order chi connectivity index (χ1) is 10.7. The van der Waals surface area contributed by atoms with Crippen molar-refractivity contribution in [1.82, 2.24) is 10.2 Å². The number of β-amino-alcohol motifs (C(OH)–C–C–N with tert-alkyl or cyclic N) is 1. The van der Waals surface area contributed by atoms with Gasteiger partial charge in [0.2, 0.25) is 5.91 Å². The molecule has 2 N–H and O–H groups in total. The number of morpholine rings is 1. The number of carbonyl (C=O) groups is 1. The average Bonchev–Trinajstić information content (AvgIpc) is 2.55. The summed E-state index contributed by atoms with van der Waals surface area (Å²) in [5.74, 6) is -0.175. The van der Waals surface area contributed by atoms with E-state index in [-0.39, 0.29) is 11.8 Å². The summed E-state index contributed by atoms with van der Waals surface area (Å²) in [6, 6.07) is 9.77. The highest BCUT2D eigenvalue weighted by Crippen LogP contribution is 2.19. The largest absolute Gasteiger partial charge is 0.390 e. The zero-order valence-corrected chi connectivity index (χ0v) is 13.2. The molecule has 1 saturated heterocycles. The second-order valence-electron chi connectivity index (χ2n) is 5.68. The Morgan fingerprint density at radius 3 is 2.64 bits per heavy atom. The van der Waals surface area contributed by atoms with Crippen molar-refractivity contribution in [2.75, 3.05) is 39.4 Å². The molecule has 0 saturated carbocycles. The van der Waals surface area contributed by atoms with E-state index in [4.69, 9.17) is 4.74 Å². The van der Waals surface area contributed by atoms with Gasteiger partial charge in [-0.2, -0.15) is 0 Å². The van der Waals surface area contributed by atoms with Crippen molar-refractivity contribution in [2.45, 2.75) is 25.4 Å². The Morgan fingerprint density at radius 1 is 1.32 bits per heavy atom. The highest BCUT2D eigenvalue weighted by Gasteiger charge is 2.20. The molecule has 0 aromatic heterocycles. The zero-order valence-electron chi connectivity index (χ0n) is 13.2. The van der Waals surface area contributed by atoms with Crippen LogP contribution in [0.3, 0.4) is 0 Å². The Morgan fingerprint density at radius 2 is 2.00 bits per heavy atom. The van der Waals surface area contributed by atoms with Crippen LogP contribution in [-0.4, -0.2) is 61.4 Å². The van der Waals surface area contributed by atoms with Gasteiger partial charge in [-0.05, 0) is 12.0 Å². The van der Waals surface area contributed by atoms with Crippen molar-refractivity contribution in [3.63, 3.8) is 0 Å². The van der Waals surface area contributed by atoms with Gasteiger partial charge in [-0.25, -0.2) is 0 Å². The number of amides is 1. The minimum Gasteiger partial charge on any atom is -0.390 e. The summed E-state index contributed by atoms with van der Waals surface area (Å²) in [6.07, 6.45) is 0.199. The van der Waals surface area contributed by atoms with E-state index in [1.165, 1.54) is 0 Å². The highest BCUT2D eigenvalue weighted by atomic mass is 16.5. The van der Waals surface area contributed by atoms with Crippen LogP contribution in [0.1, 0.15) is 24.8 Å². The normalized spacial score (nSPS) is 18.6. The molecule has 1 aliphatic heterocycles. The van der Waals surface area contributed by atoms with Crippen molar-refractivity contribution in [2.24, 2.45) is 0 Å². The van der Waals surface area contributed by atoms with E-state index in [0.29, 0.717) is 26.3 Å². The molecule has 1 heterocycles. The van der Waals surface area contributed by atoms with Crippen LogP contribution in [0, 0.1) is 0 Å². The molecule has 1 amide bonds. The van der Waals surface area contributed by atoms with E-state index in [1.54, 1.807) is 0 Å². The number of aliphatic hydroxyl groups excluding tert-OH is 1. The number of hydrogen-bond acceptors (Lipinski definition) is 4. The Labute approximate surface area is 132 Å². The Balaban J connectivity index is 1.78. The lowest BCUT2D eigenvalue weighted by atomic mass is 9.95. The van der Waals surface area contributed by atoms with Crippen molar-refractivity contribution in [3.8, 4) is 0 Å². The first kappa shape index (κ1) is 16.9. The fraction of sp³-hybridized carbons (Fsp3) is 0.588. The smallest absolute Gasteiger partial charge is 0.227 e. The minimum absolute atomic E-state index is 0.0188. The van der Waals surface area contributed by atoms with E-state index in [0.717, 1.165) is 25.1 Å². The number of nitrogens with one attached hydrogen (secondary N) is 1. The summed E-state index contributed by atoms with van der Waals surface area (Å²) in [7, 11) is 0. The maximum atomic E-state index is 12.3. The molecular weight excluding hydrogens is 280 g/mol. The van der Waals surface area contributed by atoms with Crippen LogP contribution < -0.4 is 5.32 Å². The van der Waals surface area contributed by atoms with Crippen molar-refractivity contribution in [1.29, 1.82) is 0 Å². The third-order valence-electron chi connectivity index (χ3n) is 4.01. The Hall–Kier alpha value is -1.43. The molecule has 122 valence electrons. The van der Waals surface area contributed by atoms with Crippen LogP contribution in [0.2, 0.25) is 0 Å². The van der Waals surface area contributed by atoms with Crippen molar-refractivity contribution >= 4 is 5.91 Å². The van der Waals surface area contributed by atoms with Crippen LogP contribution in [0.25, 0.3) is 0 Å². The number of aliphatic hydroxyl groups is 1. The standard InChI is InChI=1S/C17H26N2O3/c1-2-16(14-6-4-3-5-7-14)17(21)18-12-15(20)13-19-8-10-22-11-9-19/h3-7,15-16,20H,2,8-13H2,1H3,(H,18,21). The van der Waals surface area contributed by atoms with Crippen LogP contribution in [0.4, 0.5) is 0 Å². The first-order valence-electron chi connectivity index (χ1n) is 8.01. The van der Waals surface area contributed by atoms with Crippen LogP contribution in [-0.2, 0) is 9.53 Å². The van der Waals surface area contributed by atoms with Crippen molar-refractivity contribution < 1.29 is 14.6 Å². The monoisotopic (exact) mass is 306 g/mol. The summed E-state index contributed by atoms with van der Waals surface area (Å²) in [6.45, 7) is 5.97. The topological polar surface area (TPSA) is 61.8 Å². The van der Waals surface area contributed by atoms with Crippen molar-refractivity contribution in [3.05, 3.63) is 35.9 Å². The summed E-state index contributed by atoms with van der Waals surface area (Å²) < 4.78 is 5.28. The number of nitrogens with zero attached hydrogens (tertiary/aromatic N) is 1. The number of ether oxygens (including phenoxy) is 1. The third kappa shape index (κ3) is 5.09. The first-order valence-corrected chi connectivity index (χ1v) is 8.01. The predicted octanol–water partition coefficient (Wildman–Crippen LogP) is 0.990. The molecule has 2 unspecified atom stereocenters. The molecule has 5 nitrogen and oxygen atoms in total. The van der Waals surface area contributed by atoms with Gasteiger partial charge in [-0.3, -0.25) is 9.69 Å². The fourth-order valence-electron chi connectivity index (χ4n) is 2.75. The molecule has 1 aromatic rings. The molecule has 1 fully saturated rings. The molecule has 0 aliphatic carbocycles. The third-order valence-corrected chi connectivity index (χ3v) is 4.01. The predicted molar refractivity (Wildman–Crippen MR) is 85.7 cm³/mol. The van der Waals surface area contributed by atoms with Gasteiger partial charge < -0.3 is 15.2 Å². The maximum absolute atomic E-state index is 12.3. The molecule has 0 bridgehead atoms. The van der Waals surface area contributed by atoms with Gasteiger partial charge in [-0.1, -0.05) is 37.3 Å². The Bertz CT molecular complexity index is 446. The summed E-state index contributed by atoms with van der Waals surface area (Å²) >= 11 is 0. The van der Waals surface area contributed by atoms with E-state index >= 15 is 0 Å². The summed E-state index contributed by atoms with van der Waals surface area (Å²) in [5, 5.41) is 13.0. The maximum Gasteiger partial charge on any atom is 0.227 e. The number of hydrogen-bond donors (Lipinski definition) is 2. The second-order valence-corrected chi connectivity index (χ2v) is 5.68. The van der Waals surface area contributed by atoms with Crippen LogP contribution in [0.15, 0.2) is 30.3 Å². The average molecular weight is 306 g/mol. The van der Waals surface area contributed by atoms with Crippen LogP contribution >= 0.6 is 0 Å². The molecule has 2 atom stereocenters. The van der Waals surface area contributed by atoms with Gasteiger partial charge in [0.05, 0.1) is 25.2 Å². The van der Waals surface area contributed by atoms with Gasteiger partial charge in [0.1, 0.15) is 0 Å². The summed E-state index contributed by atoms with van der Waals surface area (Å²) in [5.41, 5.74) is 1.02. The number of benzene rings is 1. The quantitative estimate of drug-likeness (QED) is 0.789. The molecule has 5 heteroatoms. The SMILES string of the molecule is CCC(C(=O)NCC(O)CN1CCOCC1)c1ccccc1. The molecule has 22 heavy (non-hydrogen) atoms. The van der Waals surface area contributed by atoms with Gasteiger partial charge in [-0.15, -0.1) is 0 Å². The lowest BCUT2D eigenvalue weighted by molar-refractivity contribution is -0.123. The van der Waals surface area contributed by atoms with Crippen LogP contribution in [0.5, 0.6) is 0 Å². The Kier molecular flexibility index (Phi) is 6.83.